The van der Waals surface area contributed by atoms with E-state index in [1.54, 1.807) is 0 Å². The number of morpholine rings is 1. The summed E-state index contributed by atoms with van der Waals surface area (Å²) in [7, 11) is -1.24. The molecule has 6 nitrogen and oxygen atoms in total. The van der Waals surface area contributed by atoms with Gasteiger partial charge in [0.2, 0.25) is 10.0 Å². The Morgan fingerprint density at radius 3 is 2.68 bits per heavy atom. The molecule has 0 N–H and O–H groups in total. The summed E-state index contributed by atoms with van der Waals surface area (Å²) < 4.78 is 32.0. The van der Waals surface area contributed by atoms with E-state index in [1.165, 1.54) is 4.31 Å². The fourth-order valence-corrected chi connectivity index (χ4v) is 5.11. The highest BCUT2D eigenvalue weighted by molar-refractivity contribution is 7.89. The van der Waals surface area contributed by atoms with Crippen LogP contribution in [0.5, 0.6) is 0 Å². The molecule has 1 fully saturated rings. The number of halogens is 1. The fraction of sp³-hybridized carbons (Fsp3) is 0.647. The Labute approximate surface area is 155 Å². The molecule has 0 bridgehead atoms. The van der Waals surface area contributed by atoms with Crippen LogP contribution in [0, 0.1) is 5.92 Å². The average Bonchev–Trinajstić information content (AvgIpc) is 2.62. The Morgan fingerprint density at radius 2 is 2.00 bits per heavy atom. The van der Waals surface area contributed by atoms with Gasteiger partial charge in [-0.25, -0.2) is 8.42 Å². The molecule has 2 unspecified atom stereocenters. The van der Waals surface area contributed by atoms with Crippen LogP contribution in [0.1, 0.15) is 6.42 Å². The molecule has 0 aliphatic carbocycles. The molecule has 0 radical (unpaired) electrons. The third-order valence-electron chi connectivity index (χ3n) is 4.97. The second-order valence-electron chi connectivity index (χ2n) is 6.66. The van der Waals surface area contributed by atoms with Crippen LogP contribution in [0.2, 0.25) is 0 Å². The molecule has 3 heterocycles. The largest absolute Gasteiger partial charge is 0.381 e. The van der Waals surface area contributed by atoms with Crippen LogP contribution in [0.3, 0.4) is 0 Å². The molecule has 3 rings (SSSR count). The summed E-state index contributed by atoms with van der Waals surface area (Å²) in [5.74, 6) is 0.401. The highest BCUT2D eigenvalue weighted by Gasteiger charge is 2.31. The molecule has 0 aromatic rings. The predicted octanol–water partition coefficient (Wildman–Crippen LogP) is 1.43. The van der Waals surface area contributed by atoms with E-state index in [0.29, 0.717) is 43.9 Å². The Hall–Kier alpha value is -1.02. The van der Waals surface area contributed by atoms with Crippen LogP contribution in [0.15, 0.2) is 35.7 Å². The lowest BCUT2D eigenvalue weighted by Crippen LogP contribution is -2.46. The van der Waals surface area contributed by atoms with Crippen molar-refractivity contribution >= 4 is 21.6 Å². The first-order chi connectivity index (χ1) is 12.0. The minimum absolute atomic E-state index is 0.0672. The molecule has 25 heavy (non-hydrogen) atoms. The molecule has 1 saturated heterocycles. The highest BCUT2D eigenvalue weighted by atomic mass is 35.5. The van der Waals surface area contributed by atoms with Crippen LogP contribution in [-0.4, -0.2) is 80.8 Å². The van der Waals surface area contributed by atoms with E-state index in [1.807, 2.05) is 17.1 Å². The normalized spacial score (nSPS) is 28.3. The van der Waals surface area contributed by atoms with Crippen molar-refractivity contribution < 1.29 is 13.2 Å². The quantitative estimate of drug-likeness (QED) is 0.668. The maximum Gasteiger partial charge on any atom is 0.216 e. The first-order valence-electron chi connectivity index (χ1n) is 8.72. The molecule has 140 valence electrons. The van der Waals surface area contributed by atoms with Gasteiger partial charge < -0.3 is 14.5 Å². The van der Waals surface area contributed by atoms with E-state index in [4.69, 9.17) is 16.3 Å². The van der Waals surface area contributed by atoms with Crippen molar-refractivity contribution in [3.63, 3.8) is 0 Å². The third-order valence-corrected chi connectivity index (χ3v) is 7.16. The number of sulfonamides is 1. The van der Waals surface area contributed by atoms with Gasteiger partial charge in [-0.2, -0.15) is 4.31 Å². The van der Waals surface area contributed by atoms with E-state index in [2.05, 4.69) is 30.3 Å². The van der Waals surface area contributed by atoms with Gasteiger partial charge in [0.1, 0.15) is 5.16 Å². The lowest BCUT2D eigenvalue weighted by molar-refractivity contribution is 0.0729. The predicted molar refractivity (Wildman–Crippen MR) is 99.6 cm³/mol. The van der Waals surface area contributed by atoms with Crippen molar-refractivity contribution in [1.82, 2.24) is 14.1 Å². The summed E-state index contributed by atoms with van der Waals surface area (Å²) in [6.45, 7) is 3.20. The van der Waals surface area contributed by atoms with Crippen LogP contribution in [-0.2, 0) is 14.8 Å². The molecule has 0 spiro atoms. The van der Waals surface area contributed by atoms with Crippen LogP contribution in [0.4, 0.5) is 0 Å². The van der Waals surface area contributed by atoms with Gasteiger partial charge in [0, 0.05) is 39.1 Å². The van der Waals surface area contributed by atoms with Crippen molar-refractivity contribution in [2.75, 3.05) is 52.2 Å². The van der Waals surface area contributed by atoms with Gasteiger partial charge in [-0.15, -0.1) is 0 Å². The summed E-state index contributed by atoms with van der Waals surface area (Å²) in [4.78, 5) is 4.17. The van der Waals surface area contributed by atoms with Gasteiger partial charge in [0.25, 0.3) is 0 Å². The summed E-state index contributed by atoms with van der Waals surface area (Å²) in [6, 6.07) is 0.0994. The highest BCUT2D eigenvalue weighted by Crippen LogP contribution is 2.29. The van der Waals surface area contributed by atoms with E-state index >= 15 is 0 Å². The third kappa shape index (κ3) is 4.58. The second kappa shape index (κ2) is 8.12. The van der Waals surface area contributed by atoms with Gasteiger partial charge in [-0.05, 0) is 18.7 Å². The molecule has 0 saturated carbocycles. The molecule has 3 aliphatic rings. The molecule has 0 aromatic carbocycles. The lowest BCUT2D eigenvalue weighted by Gasteiger charge is -2.39. The fourth-order valence-electron chi connectivity index (χ4n) is 3.45. The van der Waals surface area contributed by atoms with Crippen LogP contribution < -0.4 is 0 Å². The van der Waals surface area contributed by atoms with E-state index < -0.39 is 10.0 Å². The molecule has 3 aliphatic heterocycles. The summed E-state index contributed by atoms with van der Waals surface area (Å²) in [5, 5.41) is 0.608. The SMILES string of the molecule is CN1C=CC(C2C=CC=C(Cl)N2CCS(=O)(=O)N2CCOCC2)CC1. The number of ether oxygens (including phenoxy) is 1. The smallest absolute Gasteiger partial charge is 0.216 e. The van der Waals surface area contributed by atoms with Gasteiger partial charge in [0.05, 0.1) is 25.0 Å². The van der Waals surface area contributed by atoms with Gasteiger partial charge in [-0.1, -0.05) is 29.8 Å². The molecule has 2 atom stereocenters. The summed E-state index contributed by atoms with van der Waals surface area (Å²) in [5.41, 5.74) is 0. The molecule has 8 heteroatoms. The molecule has 0 amide bonds. The minimum atomic E-state index is -3.29. The number of hydrogen-bond acceptors (Lipinski definition) is 5. The zero-order valence-electron chi connectivity index (χ0n) is 14.6. The van der Waals surface area contributed by atoms with Crippen LogP contribution in [0.25, 0.3) is 0 Å². The number of nitrogens with zero attached hydrogens (tertiary/aromatic N) is 3. The van der Waals surface area contributed by atoms with E-state index in [9.17, 15) is 8.42 Å². The topological polar surface area (TPSA) is 53.1 Å². The monoisotopic (exact) mass is 387 g/mol. The zero-order valence-corrected chi connectivity index (χ0v) is 16.1. The van der Waals surface area contributed by atoms with Crippen molar-refractivity contribution in [2.45, 2.75) is 12.5 Å². The standard InChI is InChI=1S/C17H26ClN3O3S/c1-19-7-5-15(6-8-19)16-3-2-4-17(18)21(16)11-14-25(22,23)20-9-12-24-13-10-20/h2-5,7,15-16H,6,8-14H2,1H3. The molecular weight excluding hydrogens is 362 g/mol. The lowest BCUT2D eigenvalue weighted by atomic mass is 9.91. The molecular formula is C17H26ClN3O3S. The van der Waals surface area contributed by atoms with E-state index in [-0.39, 0.29) is 11.8 Å². The van der Waals surface area contributed by atoms with Crippen molar-refractivity contribution in [1.29, 1.82) is 0 Å². The Bertz CT molecular complexity index is 656. The van der Waals surface area contributed by atoms with Gasteiger partial charge >= 0.3 is 0 Å². The number of hydrogen-bond donors (Lipinski definition) is 0. The average molecular weight is 388 g/mol. The summed E-state index contributed by atoms with van der Waals surface area (Å²) in [6.07, 6.45) is 11.2. The van der Waals surface area contributed by atoms with Crippen LogP contribution >= 0.6 is 11.6 Å². The first kappa shape index (κ1) is 18.8. The second-order valence-corrected chi connectivity index (χ2v) is 9.14. The zero-order chi connectivity index (χ0) is 17.9. The Morgan fingerprint density at radius 1 is 1.24 bits per heavy atom. The van der Waals surface area contributed by atoms with Crippen molar-refractivity contribution in [2.24, 2.45) is 5.92 Å². The summed E-state index contributed by atoms with van der Waals surface area (Å²) >= 11 is 6.41. The number of rotatable bonds is 5. The van der Waals surface area contributed by atoms with Crippen molar-refractivity contribution in [3.8, 4) is 0 Å². The maximum absolute atomic E-state index is 12.6. The maximum atomic E-state index is 12.6. The minimum Gasteiger partial charge on any atom is -0.381 e. The Balaban J connectivity index is 1.67. The van der Waals surface area contributed by atoms with E-state index in [0.717, 1.165) is 13.0 Å². The molecule has 0 aromatic heterocycles. The first-order valence-corrected chi connectivity index (χ1v) is 10.7. The number of allylic oxidation sites excluding steroid dienone is 2. The Kier molecular flexibility index (Phi) is 6.09. The van der Waals surface area contributed by atoms with Crippen molar-refractivity contribution in [3.05, 3.63) is 35.7 Å². The van der Waals surface area contributed by atoms with Gasteiger partial charge in [-0.3, -0.25) is 0 Å². The van der Waals surface area contributed by atoms with Gasteiger partial charge in [0.15, 0.2) is 0 Å².